The molecular formula is C12H17NO4. The number of benzene rings is 1. The summed E-state index contributed by atoms with van der Waals surface area (Å²) >= 11 is 0. The maximum absolute atomic E-state index is 11.4. The van der Waals surface area contributed by atoms with Crippen LogP contribution in [-0.4, -0.2) is 25.8 Å². The Kier molecular flexibility index (Phi) is 4.63. The Labute approximate surface area is 100 Å². The number of carbonyl (C=O) groups excluding carboxylic acids is 1. The van der Waals surface area contributed by atoms with Gasteiger partial charge in [0.15, 0.2) is 17.6 Å². The Balaban J connectivity index is 2.79. The molecule has 0 saturated heterocycles. The molecule has 0 bridgehead atoms. The molecule has 0 spiro atoms. The van der Waals surface area contributed by atoms with E-state index >= 15 is 0 Å². The highest BCUT2D eigenvalue weighted by Gasteiger charge is 2.17. The first-order valence-electron chi connectivity index (χ1n) is 5.35. The zero-order valence-corrected chi connectivity index (χ0v) is 10.2. The van der Waals surface area contributed by atoms with E-state index in [1.165, 1.54) is 7.11 Å². The molecule has 2 N–H and O–H groups in total. The van der Waals surface area contributed by atoms with Gasteiger partial charge in [0.05, 0.1) is 13.7 Å². The van der Waals surface area contributed by atoms with Crippen LogP contribution in [0.25, 0.3) is 0 Å². The van der Waals surface area contributed by atoms with Crippen molar-refractivity contribution in [3.63, 3.8) is 0 Å². The second-order valence-electron chi connectivity index (χ2n) is 3.42. The lowest BCUT2D eigenvalue weighted by atomic mass is 10.3. The standard InChI is InChI=1S/C12H17NO4/c1-4-16-12(14)8(2)17-11-7-9(13)5-6-10(11)15-3/h5-8H,4,13H2,1-3H3. The highest BCUT2D eigenvalue weighted by atomic mass is 16.6. The minimum Gasteiger partial charge on any atom is -0.493 e. The summed E-state index contributed by atoms with van der Waals surface area (Å²) < 4.78 is 15.4. The zero-order valence-electron chi connectivity index (χ0n) is 10.2. The highest BCUT2D eigenvalue weighted by molar-refractivity contribution is 5.74. The molecule has 0 aliphatic carbocycles. The van der Waals surface area contributed by atoms with Gasteiger partial charge in [0.2, 0.25) is 0 Å². The van der Waals surface area contributed by atoms with Crippen molar-refractivity contribution in [1.29, 1.82) is 0 Å². The van der Waals surface area contributed by atoms with Crippen LogP contribution in [0.1, 0.15) is 13.8 Å². The van der Waals surface area contributed by atoms with Crippen molar-refractivity contribution in [3.8, 4) is 11.5 Å². The van der Waals surface area contributed by atoms with Gasteiger partial charge in [0.1, 0.15) is 0 Å². The van der Waals surface area contributed by atoms with Crippen molar-refractivity contribution in [1.82, 2.24) is 0 Å². The Morgan fingerprint density at radius 2 is 2.12 bits per heavy atom. The van der Waals surface area contributed by atoms with Crippen LogP contribution < -0.4 is 15.2 Å². The molecule has 0 saturated carbocycles. The first-order valence-corrected chi connectivity index (χ1v) is 5.35. The van der Waals surface area contributed by atoms with Crippen LogP contribution in [0, 0.1) is 0 Å². The molecule has 94 valence electrons. The number of hydrogen-bond acceptors (Lipinski definition) is 5. The van der Waals surface area contributed by atoms with E-state index in [0.717, 1.165) is 0 Å². The number of carbonyl (C=O) groups is 1. The summed E-state index contributed by atoms with van der Waals surface area (Å²) in [5.41, 5.74) is 6.18. The summed E-state index contributed by atoms with van der Waals surface area (Å²) in [5.74, 6) is 0.528. The molecule has 17 heavy (non-hydrogen) atoms. The lowest BCUT2D eigenvalue weighted by Gasteiger charge is -2.15. The van der Waals surface area contributed by atoms with E-state index in [2.05, 4.69) is 0 Å². The van der Waals surface area contributed by atoms with Gasteiger partial charge in [-0.1, -0.05) is 0 Å². The summed E-state index contributed by atoms with van der Waals surface area (Å²) in [6, 6.07) is 4.98. The topological polar surface area (TPSA) is 70.8 Å². The number of anilines is 1. The molecule has 5 nitrogen and oxygen atoms in total. The lowest BCUT2D eigenvalue weighted by molar-refractivity contribution is -0.150. The second kappa shape index (κ2) is 5.98. The van der Waals surface area contributed by atoms with Crippen molar-refractivity contribution in [3.05, 3.63) is 18.2 Å². The predicted molar refractivity (Wildman–Crippen MR) is 64.1 cm³/mol. The van der Waals surface area contributed by atoms with E-state index in [0.29, 0.717) is 23.8 Å². The summed E-state index contributed by atoms with van der Waals surface area (Å²) in [4.78, 5) is 11.4. The number of esters is 1. The molecule has 1 atom stereocenters. The van der Waals surface area contributed by atoms with Gasteiger partial charge in [0.25, 0.3) is 0 Å². The normalized spacial score (nSPS) is 11.7. The fourth-order valence-corrected chi connectivity index (χ4v) is 1.28. The van der Waals surface area contributed by atoms with Crippen molar-refractivity contribution < 1.29 is 19.0 Å². The van der Waals surface area contributed by atoms with E-state index in [1.807, 2.05) is 0 Å². The minimum absolute atomic E-state index is 0.320. The van der Waals surface area contributed by atoms with Gasteiger partial charge < -0.3 is 19.9 Å². The van der Waals surface area contributed by atoms with Gasteiger partial charge in [-0.3, -0.25) is 0 Å². The number of hydrogen-bond donors (Lipinski definition) is 1. The van der Waals surface area contributed by atoms with Crippen molar-refractivity contribution in [2.75, 3.05) is 19.5 Å². The second-order valence-corrected chi connectivity index (χ2v) is 3.42. The Hall–Kier alpha value is -1.91. The van der Waals surface area contributed by atoms with Gasteiger partial charge in [-0.05, 0) is 26.0 Å². The van der Waals surface area contributed by atoms with E-state index in [4.69, 9.17) is 19.9 Å². The number of rotatable bonds is 5. The maximum Gasteiger partial charge on any atom is 0.347 e. The number of nitrogens with two attached hydrogens (primary N) is 1. The average molecular weight is 239 g/mol. The molecule has 0 aliphatic heterocycles. The molecule has 1 unspecified atom stereocenters. The summed E-state index contributed by atoms with van der Waals surface area (Å²) in [7, 11) is 1.52. The molecular weight excluding hydrogens is 222 g/mol. The monoisotopic (exact) mass is 239 g/mol. The van der Waals surface area contributed by atoms with Gasteiger partial charge in [-0.15, -0.1) is 0 Å². The molecule has 0 heterocycles. The number of ether oxygens (including phenoxy) is 3. The van der Waals surface area contributed by atoms with E-state index in [1.54, 1.807) is 32.0 Å². The summed E-state index contributed by atoms with van der Waals surface area (Å²) in [6.45, 7) is 3.67. The summed E-state index contributed by atoms with van der Waals surface area (Å²) in [5, 5.41) is 0. The smallest absolute Gasteiger partial charge is 0.347 e. The Bertz CT molecular complexity index is 392. The fourth-order valence-electron chi connectivity index (χ4n) is 1.28. The SMILES string of the molecule is CCOC(=O)C(C)Oc1cc(N)ccc1OC. The number of nitrogen functional groups attached to an aromatic ring is 1. The molecule has 1 aromatic rings. The van der Waals surface area contributed by atoms with Gasteiger partial charge in [-0.2, -0.15) is 0 Å². The van der Waals surface area contributed by atoms with Crippen LogP contribution in [0.2, 0.25) is 0 Å². The zero-order chi connectivity index (χ0) is 12.8. The van der Waals surface area contributed by atoms with E-state index < -0.39 is 12.1 Å². The highest BCUT2D eigenvalue weighted by Crippen LogP contribution is 2.29. The first kappa shape index (κ1) is 13.2. The van der Waals surface area contributed by atoms with Crippen molar-refractivity contribution in [2.24, 2.45) is 0 Å². The van der Waals surface area contributed by atoms with Gasteiger partial charge in [0, 0.05) is 11.8 Å². The third-order valence-electron chi connectivity index (χ3n) is 2.11. The predicted octanol–water partition coefficient (Wildman–Crippen LogP) is 1.61. The molecule has 0 aromatic heterocycles. The van der Waals surface area contributed by atoms with Crippen molar-refractivity contribution >= 4 is 11.7 Å². The van der Waals surface area contributed by atoms with Gasteiger partial charge in [-0.25, -0.2) is 4.79 Å². The molecule has 1 aromatic carbocycles. The van der Waals surface area contributed by atoms with E-state index in [-0.39, 0.29) is 0 Å². The number of methoxy groups -OCH3 is 1. The van der Waals surface area contributed by atoms with Gasteiger partial charge >= 0.3 is 5.97 Å². The minimum atomic E-state index is -0.703. The molecule has 0 fully saturated rings. The molecule has 0 aliphatic rings. The Morgan fingerprint density at radius 3 is 2.71 bits per heavy atom. The molecule has 5 heteroatoms. The first-order chi connectivity index (χ1) is 8.08. The molecule has 0 radical (unpaired) electrons. The van der Waals surface area contributed by atoms with Crippen LogP contribution >= 0.6 is 0 Å². The Morgan fingerprint density at radius 1 is 1.41 bits per heavy atom. The summed E-state index contributed by atoms with van der Waals surface area (Å²) in [6.07, 6.45) is -0.703. The van der Waals surface area contributed by atoms with Crippen molar-refractivity contribution in [2.45, 2.75) is 20.0 Å². The maximum atomic E-state index is 11.4. The molecule has 1 rings (SSSR count). The third-order valence-corrected chi connectivity index (χ3v) is 2.11. The quantitative estimate of drug-likeness (QED) is 0.624. The third kappa shape index (κ3) is 3.55. The largest absolute Gasteiger partial charge is 0.493 e. The van der Waals surface area contributed by atoms with Crippen LogP contribution in [0.15, 0.2) is 18.2 Å². The van der Waals surface area contributed by atoms with E-state index in [9.17, 15) is 4.79 Å². The fraction of sp³-hybridized carbons (Fsp3) is 0.417. The van der Waals surface area contributed by atoms with Crippen LogP contribution in [0.5, 0.6) is 11.5 Å². The lowest BCUT2D eigenvalue weighted by Crippen LogP contribution is -2.26. The van der Waals surface area contributed by atoms with Crippen LogP contribution in [0.3, 0.4) is 0 Å². The van der Waals surface area contributed by atoms with Crippen LogP contribution in [0.4, 0.5) is 5.69 Å². The van der Waals surface area contributed by atoms with Crippen LogP contribution in [-0.2, 0) is 9.53 Å². The molecule has 0 amide bonds. The average Bonchev–Trinajstić information content (AvgIpc) is 2.29.